The number of hydrogen-bond donors (Lipinski definition) is 1. The molecule has 1 N–H and O–H groups in total. The summed E-state index contributed by atoms with van der Waals surface area (Å²) < 4.78 is 19.1. The molecule has 6 rings (SSSR count). The molecule has 2 amide bonds. The predicted molar refractivity (Wildman–Crippen MR) is 167 cm³/mol. The van der Waals surface area contributed by atoms with Crippen molar-refractivity contribution in [1.82, 2.24) is 19.8 Å². The lowest BCUT2D eigenvalue weighted by molar-refractivity contribution is -0.152. The first kappa shape index (κ1) is 31.6. The number of halogens is 1. The minimum absolute atomic E-state index is 0.0411. The number of carbonyl (C=O) groups is 3. The quantitative estimate of drug-likeness (QED) is 0.443. The summed E-state index contributed by atoms with van der Waals surface area (Å²) in [5.41, 5.74) is -0.507. The molecule has 11 nitrogen and oxygen atoms in total. The van der Waals surface area contributed by atoms with Crippen LogP contribution in [0.2, 0.25) is 5.02 Å². The van der Waals surface area contributed by atoms with Crippen LogP contribution in [-0.2, 0) is 25.6 Å². The minimum atomic E-state index is -0.967. The molecule has 1 aromatic heterocycles. The number of methoxy groups -OCH3 is 1. The van der Waals surface area contributed by atoms with E-state index in [-0.39, 0.29) is 36.6 Å². The standard InChI is InChI=1S/C33H43ClN4O7/c1-33(2,3)27-29(40)38-17-20(16-25(38)30(41)43-4)44-31-35-24-15-19(34)10-12-23(24)28(39)37(31)13-7-5-6-8-22-21-11-9-18(21)14-26(22)45-32(42)36-27/h10,12,15,18,20-22,25-27H,5-9,11,13-14,16-17H2,1-4H3,(H,36,42)/t18-,20+,21-,22+,25-,26+,27+/m0/s1. The van der Waals surface area contributed by atoms with Gasteiger partial charge in [0, 0.05) is 18.0 Å². The van der Waals surface area contributed by atoms with Gasteiger partial charge in [0.1, 0.15) is 24.3 Å². The Bertz CT molecular complexity index is 1540. The van der Waals surface area contributed by atoms with Crippen LogP contribution in [0.5, 0.6) is 6.01 Å². The van der Waals surface area contributed by atoms with Crippen LogP contribution in [-0.4, -0.2) is 70.4 Å². The zero-order chi connectivity index (χ0) is 32.0. The Morgan fingerprint density at radius 1 is 1.04 bits per heavy atom. The minimum Gasteiger partial charge on any atom is -0.467 e. The van der Waals surface area contributed by atoms with Gasteiger partial charge in [-0.1, -0.05) is 45.2 Å². The molecule has 2 aromatic rings. The summed E-state index contributed by atoms with van der Waals surface area (Å²) in [6.07, 6.45) is 5.32. The van der Waals surface area contributed by atoms with Crippen LogP contribution >= 0.6 is 11.6 Å². The molecule has 0 unspecified atom stereocenters. The molecule has 45 heavy (non-hydrogen) atoms. The Kier molecular flexibility index (Phi) is 8.76. The molecule has 2 aliphatic heterocycles. The van der Waals surface area contributed by atoms with Gasteiger partial charge in [0.25, 0.3) is 11.6 Å². The normalized spacial score (nSPS) is 30.9. The molecule has 244 valence electrons. The van der Waals surface area contributed by atoms with Gasteiger partial charge in [0.05, 0.1) is 24.6 Å². The fourth-order valence-electron chi connectivity index (χ4n) is 7.76. The largest absolute Gasteiger partial charge is 0.467 e. The summed E-state index contributed by atoms with van der Waals surface area (Å²) in [5.74, 6) is 0.375. The average molecular weight is 643 g/mol. The first-order chi connectivity index (χ1) is 21.4. The van der Waals surface area contributed by atoms with Gasteiger partial charge in [-0.25, -0.2) is 9.59 Å². The molecule has 2 bridgehead atoms. The number of ether oxygens (including phenoxy) is 3. The molecule has 1 aromatic carbocycles. The van der Waals surface area contributed by atoms with Crippen LogP contribution in [0.3, 0.4) is 0 Å². The van der Waals surface area contributed by atoms with Gasteiger partial charge in [-0.05, 0) is 73.5 Å². The van der Waals surface area contributed by atoms with Crippen LogP contribution < -0.4 is 15.6 Å². The number of benzene rings is 1. The molecule has 0 radical (unpaired) electrons. The molecule has 0 spiro atoms. The summed E-state index contributed by atoms with van der Waals surface area (Å²) in [4.78, 5) is 60.3. The van der Waals surface area contributed by atoms with Crippen LogP contribution in [0.15, 0.2) is 23.0 Å². The zero-order valence-corrected chi connectivity index (χ0v) is 27.2. The number of nitrogens with zero attached hydrogens (tertiary/aromatic N) is 3. The number of rotatable bonds is 1. The molecule has 3 heterocycles. The highest BCUT2D eigenvalue weighted by Gasteiger charge is 2.50. The van der Waals surface area contributed by atoms with Gasteiger partial charge in [-0.3, -0.25) is 14.2 Å². The van der Waals surface area contributed by atoms with Gasteiger partial charge in [-0.2, -0.15) is 4.98 Å². The van der Waals surface area contributed by atoms with Crippen molar-refractivity contribution in [3.8, 4) is 6.01 Å². The van der Waals surface area contributed by atoms with Crippen molar-refractivity contribution in [3.05, 3.63) is 33.6 Å². The maximum Gasteiger partial charge on any atom is 0.408 e. The third-order valence-corrected chi connectivity index (χ3v) is 10.5. The summed E-state index contributed by atoms with van der Waals surface area (Å²) in [5, 5.41) is 3.75. The fraction of sp³-hybridized carbons (Fsp3) is 0.667. The monoisotopic (exact) mass is 642 g/mol. The van der Waals surface area contributed by atoms with E-state index >= 15 is 0 Å². The van der Waals surface area contributed by atoms with E-state index in [1.54, 1.807) is 22.8 Å². The second-order valence-electron chi connectivity index (χ2n) is 14.2. The number of amides is 2. The maximum atomic E-state index is 14.2. The topological polar surface area (TPSA) is 129 Å². The van der Waals surface area contributed by atoms with Crippen LogP contribution in [0.4, 0.5) is 4.79 Å². The Balaban J connectivity index is 1.37. The Hall–Kier alpha value is -3.34. The van der Waals surface area contributed by atoms with Crippen molar-refractivity contribution < 1.29 is 28.6 Å². The van der Waals surface area contributed by atoms with E-state index in [0.717, 1.165) is 44.9 Å². The number of aromatic nitrogens is 2. The average Bonchev–Trinajstić information content (AvgIpc) is 3.49. The highest BCUT2D eigenvalue weighted by atomic mass is 35.5. The van der Waals surface area contributed by atoms with E-state index < -0.39 is 41.6 Å². The van der Waals surface area contributed by atoms with Gasteiger partial charge in [0.2, 0.25) is 5.91 Å². The van der Waals surface area contributed by atoms with Crippen molar-refractivity contribution >= 4 is 40.5 Å². The molecule has 1 saturated heterocycles. The molecule has 2 aliphatic carbocycles. The second-order valence-corrected chi connectivity index (χ2v) is 14.6. The van der Waals surface area contributed by atoms with Gasteiger partial charge < -0.3 is 24.4 Å². The lowest BCUT2D eigenvalue weighted by Crippen LogP contribution is -2.57. The smallest absolute Gasteiger partial charge is 0.408 e. The number of esters is 1. The van der Waals surface area contributed by atoms with E-state index in [1.165, 1.54) is 12.0 Å². The third kappa shape index (κ3) is 6.24. The van der Waals surface area contributed by atoms with Crippen LogP contribution in [0.25, 0.3) is 10.9 Å². The molecule has 7 atom stereocenters. The number of fused-ring (bicyclic) bond motifs is 7. The first-order valence-corrected chi connectivity index (χ1v) is 16.5. The Morgan fingerprint density at radius 3 is 2.56 bits per heavy atom. The Morgan fingerprint density at radius 2 is 1.84 bits per heavy atom. The van der Waals surface area contributed by atoms with E-state index in [2.05, 4.69) is 5.32 Å². The van der Waals surface area contributed by atoms with E-state index in [9.17, 15) is 19.2 Å². The second kappa shape index (κ2) is 12.5. The summed E-state index contributed by atoms with van der Waals surface area (Å²) >= 11 is 6.23. The molecule has 3 fully saturated rings. The van der Waals surface area contributed by atoms with Crippen LogP contribution in [0.1, 0.15) is 72.1 Å². The summed E-state index contributed by atoms with van der Waals surface area (Å²) in [7, 11) is 1.27. The highest BCUT2D eigenvalue weighted by molar-refractivity contribution is 6.31. The zero-order valence-electron chi connectivity index (χ0n) is 26.4. The number of hydrogen-bond acceptors (Lipinski definition) is 8. The predicted octanol–water partition coefficient (Wildman–Crippen LogP) is 4.70. The molecule has 4 aliphatic rings. The van der Waals surface area contributed by atoms with Crippen molar-refractivity contribution in [3.63, 3.8) is 0 Å². The summed E-state index contributed by atoms with van der Waals surface area (Å²) in [6, 6.07) is 3.18. The van der Waals surface area contributed by atoms with Crippen molar-refractivity contribution in [2.45, 2.75) is 103 Å². The lowest BCUT2D eigenvalue weighted by Gasteiger charge is -2.35. The molecule has 12 heteroatoms. The van der Waals surface area contributed by atoms with Crippen molar-refractivity contribution in [2.75, 3.05) is 13.7 Å². The highest BCUT2D eigenvalue weighted by Crippen LogP contribution is 2.53. The van der Waals surface area contributed by atoms with Gasteiger partial charge >= 0.3 is 12.1 Å². The van der Waals surface area contributed by atoms with Crippen molar-refractivity contribution in [2.24, 2.45) is 23.2 Å². The number of carbonyl (C=O) groups excluding carboxylic acids is 3. The fourth-order valence-corrected chi connectivity index (χ4v) is 7.93. The van der Waals surface area contributed by atoms with E-state index in [1.807, 2.05) is 20.8 Å². The maximum absolute atomic E-state index is 14.2. The van der Waals surface area contributed by atoms with Crippen LogP contribution in [0, 0.1) is 23.2 Å². The Labute approximate surface area is 267 Å². The molecular weight excluding hydrogens is 600 g/mol. The first-order valence-electron chi connectivity index (χ1n) is 16.2. The number of alkyl carbamates (subject to hydrolysis) is 1. The van der Waals surface area contributed by atoms with E-state index in [0.29, 0.717) is 34.3 Å². The summed E-state index contributed by atoms with van der Waals surface area (Å²) in [6.45, 7) is 6.03. The lowest BCUT2D eigenvalue weighted by atomic mass is 9.71. The SMILES string of the molecule is COC(=O)[C@@H]1C[C@@H]2CN1C(=O)[C@H](C(C)(C)C)NC(=O)O[C@@H]1C[C@@H]3CC[C@@H]3[C@H]1CCCCCn1c(nc3cc(Cl)ccc3c1=O)O2. The molecular formula is C33H43ClN4O7. The number of nitrogens with one attached hydrogen (secondary N) is 1. The van der Waals surface area contributed by atoms with Gasteiger partial charge in [-0.15, -0.1) is 0 Å². The van der Waals surface area contributed by atoms with E-state index in [4.69, 9.17) is 30.8 Å². The van der Waals surface area contributed by atoms with Crippen molar-refractivity contribution in [1.29, 1.82) is 0 Å². The third-order valence-electron chi connectivity index (χ3n) is 10.3. The molecule has 2 saturated carbocycles. The van der Waals surface area contributed by atoms with Gasteiger partial charge in [0.15, 0.2) is 0 Å².